The normalized spacial score (nSPS) is 10.6. The number of benzene rings is 2. The molecule has 2 nitrogen and oxygen atoms in total. The molecular weight excluding hydrogens is 274 g/mol. The van der Waals surface area contributed by atoms with Gasteiger partial charge in [0.2, 0.25) is 0 Å². The van der Waals surface area contributed by atoms with Crippen molar-refractivity contribution in [2.75, 3.05) is 0 Å². The standard InChI is InChI=1S/C15H16BFO2S/c1-11-4-2-3-5-13(11)10-20-9-12-6-7-15(17)14(8-12)16(18)19/h2-8,18-19H,9-10H2,1H3. The maximum absolute atomic E-state index is 13.3. The van der Waals surface area contributed by atoms with Crippen molar-refractivity contribution in [1.82, 2.24) is 0 Å². The van der Waals surface area contributed by atoms with Gasteiger partial charge in [-0.25, -0.2) is 4.39 Å². The van der Waals surface area contributed by atoms with E-state index in [1.165, 1.54) is 23.3 Å². The lowest BCUT2D eigenvalue weighted by atomic mass is 9.79. The minimum absolute atomic E-state index is 0.0704. The first-order chi connectivity index (χ1) is 9.58. The van der Waals surface area contributed by atoms with E-state index in [0.29, 0.717) is 5.75 Å². The Balaban J connectivity index is 1.98. The van der Waals surface area contributed by atoms with Crippen LogP contribution in [0.4, 0.5) is 4.39 Å². The molecule has 0 aliphatic rings. The number of aryl methyl sites for hydroxylation is 1. The summed E-state index contributed by atoms with van der Waals surface area (Å²) in [5.41, 5.74) is 3.35. The lowest BCUT2D eigenvalue weighted by Gasteiger charge is -2.07. The molecule has 2 aromatic rings. The van der Waals surface area contributed by atoms with Gasteiger partial charge in [0.15, 0.2) is 0 Å². The summed E-state index contributed by atoms with van der Waals surface area (Å²) in [7, 11) is -1.77. The van der Waals surface area contributed by atoms with Crippen LogP contribution in [0.1, 0.15) is 16.7 Å². The summed E-state index contributed by atoms with van der Waals surface area (Å²) in [6, 6.07) is 12.7. The van der Waals surface area contributed by atoms with Gasteiger partial charge in [0.1, 0.15) is 5.82 Å². The van der Waals surface area contributed by atoms with Crippen LogP contribution in [0.15, 0.2) is 42.5 Å². The second-order valence-corrected chi connectivity index (χ2v) is 5.63. The third kappa shape index (κ3) is 3.85. The van der Waals surface area contributed by atoms with Crippen molar-refractivity contribution in [3.05, 3.63) is 65.0 Å². The number of halogens is 1. The molecule has 0 aromatic heterocycles. The number of hydrogen-bond donors (Lipinski definition) is 2. The van der Waals surface area contributed by atoms with Crippen LogP contribution in [0.25, 0.3) is 0 Å². The molecule has 0 unspecified atom stereocenters. The summed E-state index contributed by atoms with van der Waals surface area (Å²) in [5.74, 6) is 0.989. The Labute approximate surface area is 122 Å². The number of thioether (sulfide) groups is 1. The summed E-state index contributed by atoms with van der Waals surface area (Å²) in [4.78, 5) is 0. The molecule has 20 heavy (non-hydrogen) atoms. The Kier molecular flexibility index (Phi) is 5.23. The van der Waals surface area contributed by atoms with Gasteiger partial charge < -0.3 is 10.0 Å². The Morgan fingerprint density at radius 1 is 1.10 bits per heavy atom. The largest absolute Gasteiger partial charge is 0.491 e. The van der Waals surface area contributed by atoms with E-state index in [1.807, 2.05) is 12.1 Å². The van der Waals surface area contributed by atoms with Crippen molar-refractivity contribution in [1.29, 1.82) is 0 Å². The molecule has 0 aliphatic heterocycles. The van der Waals surface area contributed by atoms with Gasteiger partial charge in [-0.3, -0.25) is 0 Å². The summed E-state index contributed by atoms with van der Waals surface area (Å²) < 4.78 is 13.3. The van der Waals surface area contributed by atoms with E-state index in [4.69, 9.17) is 10.0 Å². The molecule has 0 aliphatic carbocycles. The fourth-order valence-corrected chi connectivity index (χ4v) is 2.99. The average molecular weight is 290 g/mol. The van der Waals surface area contributed by atoms with Crippen LogP contribution in [0.5, 0.6) is 0 Å². The third-order valence-electron chi connectivity index (χ3n) is 3.13. The molecule has 0 heterocycles. The Hall–Kier alpha value is -1.30. The van der Waals surface area contributed by atoms with E-state index < -0.39 is 12.9 Å². The second-order valence-electron chi connectivity index (χ2n) is 4.65. The molecule has 5 heteroatoms. The fourth-order valence-electron chi connectivity index (χ4n) is 1.93. The molecular formula is C15H16BFO2S. The van der Waals surface area contributed by atoms with Crippen molar-refractivity contribution < 1.29 is 14.4 Å². The van der Waals surface area contributed by atoms with Crippen molar-refractivity contribution in [3.8, 4) is 0 Å². The number of rotatable bonds is 5. The first kappa shape index (κ1) is 15.1. The molecule has 0 spiro atoms. The first-order valence-corrected chi connectivity index (χ1v) is 7.50. The molecule has 0 fully saturated rings. The molecule has 0 atom stereocenters. The third-order valence-corrected chi connectivity index (χ3v) is 4.18. The van der Waals surface area contributed by atoms with Crippen LogP contribution in [-0.2, 0) is 11.5 Å². The maximum Gasteiger partial charge on any atom is 0.491 e. The summed E-state index contributed by atoms with van der Waals surface area (Å²) in [5, 5.41) is 18.2. The van der Waals surface area contributed by atoms with Gasteiger partial charge in [-0.1, -0.05) is 36.4 Å². The zero-order valence-corrected chi connectivity index (χ0v) is 12.0. The predicted molar refractivity (Wildman–Crippen MR) is 82.4 cm³/mol. The molecule has 2 N–H and O–H groups in total. The van der Waals surface area contributed by atoms with Crippen LogP contribution in [0.2, 0.25) is 0 Å². The van der Waals surface area contributed by atoms with Gasteiger partial charge in [0.05, 0.1) is 0 Å². The van der Waals surface area contributed by atoms with Crippen LogP contribution >= 0.6 is 11.8 Å². The minimum atomic E-state index is -1.77. The first-order valence-electron chi connectivity index (χ1n) is 6.34. The lowest BCUT2D eigenvalue weighted by molar-refractivity contribution is 0.423. The quantitative estimate of drug-likeness (QED) is 0.830. The predicted octanol–water partition coefficient (Wildman–Crippen LogP) is 2.25. The highest BCUT2D eigenvalue weighted by Crippen LogP contribution is 2.19. The van der Waals surface area contributed by atoms with Crippen LogP contribution in [0, 0.1) is 12.7 Å². The van der Waals surface area contributed by atoms with Gasteiger partial charge in [-0.15, -0.1) is 0 Å². The zero-order chi connectivity index (χ0) is 14.5. The second kappa shape index (κ2) is 6.93. The van der Waals surface area contributed by atoms with Crippen molar-refractivity contribution in [3.63, 3.8) is 0 Å². The van der Waals surface area contributed by atoms with E-state index in [0.717, 1.165) is 11.3 Å². The molecule has 0 saturated heterocycles. The fraction of sp³-hybridized carbons (Fsp3) is 0.200. The van der Waals surface area contributed by atoms with E-state index in [1.54, 1.807) is 17.8 Å². The van der Waals surface area contributed by atoms with E-state index >= 15 is 0 Å². The van der Waals surface area contributed by atoms with Crippen molar-refractivity contribution >= 4 is 24.3 Å². The zero-order valence-electron chi connectivity index (χ0n) is 11.2. The molecule has 104 valence electrons. The Bertz CT molecular complexity index is 590. The summed E-state index contributed by atoms with van der Waals surface area (Å²) >= 11 is 1.71. The lowest BCUT2D eigenvalue weighted by Crippen LogP contribution is -2.33. The van der Waals surface area contributed by atoms with Crippen molar-refractivity contribution in [2.45, 2.75) is 18.4 Å². The van der Waals surface area contributed by atoms with Gasteiger partial charge in [-0.2, -0.15) is 11.8 Å². The smallest absolute Gasteiger partial charge is 0.423 e. The van der Waals surface area contributed by atoms with Crippen LogP contribution < -0.4 is 5.46 Å². The topological polar surface area (TPSA) is 40.5 Å². The van der Waals surface area contributed by atoms with Crippen molar-refractivity contribution in [2.24, 2.45) is 0 Å². The molecule has 0 radical (unpaired) electrons. The maximum atomic E-state index is 13.3. The summed E-state index contributed by atoms with van der Waals surface area (Å²) in [6.07, 6.45) is 0. The highest BCUT2D eigenvalue weighted by molar-refractivity contribution is 7.97. The van der Waals surface area contributed by atoms with Gasteiger partial charge >= 0.3 is 7.12 Å². The van der Waals surface area contributed by atoms with E-state index in [9.17, 15) is 4.39 Å². The minimum Gasteiger partial charge on any atom is -0.423 e. The van der Waals surface area contributed by atoms with Gasteiger partial charge in [0.25, 0.3) is 0 Å². The van der Waals surface area contributed by atoms with E-state index in [2.05, 4.69) is 19.1 Å². The molecule has 0 saturated carbocycles. The highest BCUT2D eigenvalue weighted by Gasteiger charge is 2.16. The average Bonchev–Trinajstić information content (AvgIpc) is 2.42. The van der Waals surface area contributed by atoms with Gasteiger partial charge in [0, 0.05) is 17.0 Å². The Morgan fingerprint density at radius 2 is 1.85 bits per heavy atom. The number of hydrogen-bond acceptors (Lipinski definition) is 3. The Morgan fingerprint density at radius 3 is 2.55 bits per heavy atom. The molecule has 2 aromatic carbocycles. The summed E-state index contributed by atoms with van der Waals surface area (Å²) in [6.45, 7) is 2.08. The molecule has 2 rings (SSSR count). The molecule has 0 amide bonds. The molecule has 0 bridgehead atoms. The van der Waals surface area contributed by atoms with Gasteiger partial charge in [-0.05, 0) is 29.7 Å². The van der Waals surface area contributed by atoms with E-state index in [-0.39, 0.29) is 5.46 Å². The highest BCUT2D eigenvalue weighted by atomic mass is 32.2. The monoisotopic (exact) mass is 290 g/mol. The van der Waals surface area contributed by atoms with Crippen LogP contribution in [0.3, 0.4) is 0 Å². The SMILES string of the molecule is Cc1ccccc1CSCc1ccc(F)c(B(O)O)c1. The van der Waals surface area contributed by atoms with Crippen LogP contribution in [-0.4, -0.2) is 17.2 Å².